The number of aliphatic hydroxyl groups excluding tert-OH is 3. The maximum Gasteiger partial charge on any atom is 0.335 e. The van der Waals surface area contributed by atoms with Crippen LogP contribution in [0.2, 0.25) is 0 Å². The molecule has 1 fully saturated rings. The van der Waals surface area contributed by atoms with Crippen LogP contribution < -0.4 is 4.74 Å². The molecule has 0 radical (unpaired) electrons. The third-order valence-electron chi connectivity index (χ3n) is 4.76. The predicted molar refractivity (Wildman–Crippen MR) is 110 cm³/mol. The van der Waals surface area contributed by atoms with Crippen LogP contribution in [0.15, 0.2) is 24.3 Å². The number of aryl methyl sites for hydroxylation is 1. The molecular formula is C22H30O9. The molecule has 1 saturated heterocycles. The molecule has 0 saturated carbocycles. The van der Waals surface area contributed by atoms with Crippen LogP contribution in [0.25, 0.3) is 6.08 Å². The molecule has 0 aromatic heterocycles. The van der Waals surface area contributed by atoms with E-state index in [1.54, 1.807) is 45.1 Å². The van der Waals surface area contributed by atoms with E-state index < -0.39 is 42.1 Å². The number of carboxylic acids is 1. The number of carboxylic acid groups (broad SMARTS) is 1. The van der Waals surface area contributed by atoms with Crippen LogP contribution in [0.5, 0.6) is 5.75 Å². The van der Waals surface area contributed by atoms with Crippen molar-refractivity contribution in [2.75, 3.05) is 6.61 Å². The first-order valence-corrected chi connectivity index (χ1v) is 10.0. The van der Waals surface area contributed by atoms with Crippen molar-refractivity contribution in [2.45, 2.75) is 64.8 Å². The molecule has 0 bridgehead atoms. The summed E-state index contributed by atoms with van der Waals surface area (Å²) in [5.74, 6) is -1.56. The van der Waals surface area contributed by atoms with Gasteiger partial charge in [0.1, 0.15) is 30.7 Å². The van der Waals surface area contributed by atoms with E-state index >= 15 is 0 Å². The lowest BCUT2D eigenvalue weighted by Crippen LogP contribution is -2.61. The van der Waals surface area contributed by atoms with Crippen LogP contribution in [0.3, 0.4) is 0 Å². The molecule has 1 aliphatic rings. The molecule has 31 heavy (non-hydrogen) atoms. The maximum absolute atomic E-state index is 11.9. The maximum atomic E-state index is 11.9. The van der Waals surface area contributed by atoms with Crippen LogP contribution in [0, 0.1) is 5.41 Å². The Balaban J connectivity index is 2.20. The summed E-state index contributed by atoms with van der Waals surface area (Å²) in [5.41, 5.74) is 0.852. The van der Waals surface area contributed by atoms with Gasteiger partial charge in [-0.2, -0.15) is 0 Å². The number of benzene rings is 1. The first kappa shape index (κ1) is 24.8. The Morgan fingerprint density at radius 2 is 1.81 bits per heavy atom. The highest BCUT2D eigenvalue weighted by Gasteiger charge is 2.48. The molecule has 1 aromatic rings. The second-order valence-electron chi connectivity index (χ2n) is 8.33. The van der Waals surface area contributed by atoms with Gasteiger partial charge in [-0.3, -0.25) is 4.79 Å². The summed E-state index contributed by atoms with van der Waals surface area (Å²) in [6.45, 7) is 7.23. The zero-order chi connectivity index (χ0) is 23.3. The van der Waals surface area contributed by atoms with Crippen LogP contribution in [0.4, 0.5) is 0 Å². The van der Waals surface area contributed by atoms with E-state index in [1.807, 2.05) is 13.0 Å². The smallest absolute Gasteiger partial charge is 0.335 e. The summed E-state index contributed by atoms with van der Waals surface area (Å²) in [5, 5.41) is 39.2. The van der Waals surface area contributed by atoms with Crippen LogP contribution in [-0.4, -0.2) is 69.7 Å². The molecule has 5 atom stereocenters. The Labute approximate surface area is 180 Å². The van der Waals surface area contributed by atoms with Gasteiger partial charge in [0.25, 0.3) is 0 Å². The predicted octanol–water partition coefficient (Wildman–Crippen LogP) is 1.12. The van der Waals surface area contributed by atoms with Gasteiger partial charge >= 0.3 is 11.9 Å². The van der Waals surface area contributed by atoms with Crippen molar-refractivity contribution in [2.24, 2.45) is 5.41 Å². The van der Waals surface area contributed by atoms with Gasteiger partial charge in [-0.1, -0.05) is 25.1 Å². The van der Waals surface area contributed by atoms with Crippen molar-refractivity contribution in [3.63, 3.8) is 0 Å². The number of hydrogen-bond acceptors (Lipinski definition) is 8. The minimum absolute atomic E-state index is 0.0413. The minimum atomic E-state index is -1.80. The molecule has 1 heterocycles. The summed E-state index contributed by atoms with van der Waals surface area (Å²) < 4.78 is 16.1. The first-order chi connectivity index (χ1) is 14.5. The van der Waals surface area contributed by atoms with Crippen molar-refractivity contribution < 1.29 is 44.2 Å². The summed E-state index contributed by atoms with van der Waals surface area (Å²) in [7, 11) is 0. The highest BCUT2D eigenvalue weighted by atomic mass is 16.7. The van der Waals surface area contributed by atoms with Gasteiger partial charge in [0.15, 0.2) is 6.10 Å². The Hall–Kier alpha value is -2.46. The summed E-state index contributed by atoms with van der Waals surface area (Å²) in [6.07, 6.45) is -4.53. The number of esters is 1. The molecule has 2 rings (SSSR count). The van der Waals surface area contributed by atoms with E-state index in [0.717, 1.165) is 5.56 Å². The van der Waals surface area contributed by atoms with Gasteiger partial charge in [0.05, 0.1) is 5.41 Å². The highest BCUT2D eigenvalue weighted by molar-refractivity contribution is 5.75. The van der Waals surface area contributed by atoms with E-state index in [-0.39, 0.29) is 18.3 Å². The van der Waals surface area contributed by atoms with E-state index in [4.69, 9.17) is 14.2 Å². The summed E-state index contributed by atoms with van der Waals surface area (Å²) in [6, 6.07) is 5.32. The normalized spacial score (nSPS) is 26.6. The van der Waals surface area contributed by atoms with Crippen LogP contribution in [-0.2, 0) is 25.5 Å². The van der Waals surface area contributed by atoms with Gasteiger partial charge in [-0.05, 0) is 44.9 Å². The number of aliphatic hydroxyl groups is 3. The average molecular weight is 438 g/mol. The zero-order valence-corrected chi connectivity index (χ0v) is 18.0. The fourth-order valence-corrected chi connectivity index (χ4v) is 2.83. The second kappa shape index (κ2) is 10.2. The molecule has 0 amide bonds. The van der Waals surface area contributed by atoms with Crippen LogP contribution >= 0.6 is 0 Å². The Morgan fingerprint density at radius 1 is 1.13 bits per heavy atom. The first-order valence-electron chi connectivity index (χ1n) is 10.0. The Bertz CT molecular complexity index is 812. The van der Waals surface area contributed by atoms with Crippen molar-refractivity contribution in [3.05, 3.63) is 35.4 Å². The SMILES string of the molecule is CCc1ccc(/C=C/COC(=O)C(C)(C)C)c(O[C@@H]2O[C@H](C(=O)O)[C@@H](O)[C@H](O)[C@H]2O)c1. The second-order valence-corrected chi connectivity index (χ2v) is 8.33. The molecule has 1 aromatic carbocycles. The molecule has 9 heteroatoms. The summed E-state index contributed by atoms with van der Waals surface area (Å²) >= 11 is 0. The topological polar surface area (TPSA) is 143 Å². The molecule has 9 nitrogen and oxygen atoms in total. The molecule has 0 spiro atoms. The van der Waals surface area contributed by atoms with E-state index in [0.29, 0.717) is 12.0 Å². The lowest BCUT2D eigenvalue weighted by molar-refractivity contribution is -0.271. The monoisotopic (exact) mass is 438 g/mol. The van der Waals surface area contributed by atoms with E-state index in [2.05, 4.69) is 0 Å². The Morgan fingerprint density at radius 3 is 2.39 bits per heavy atom. The van der Waals surface area contributed by atoms with Crippen LogP contribution in [0.1, 0.15) is 38.8 Å². The van der Waals surface area contributed by atoms with Crippen molar-refractivity contribution in [1.29, 1.82) is 0 Å². The lowest BCUT2D eigenvalue weighted by atomic mass is 9.97. The molecular weight excluding hydrogens is 408 g/mol. The molecule has 1 aliphatic heterocycles. The van der Waals surface area contributed by atoms with Gasteiger partial charge in [0.2, 0.25) is 6.29 Å². The molecule has 0 aliphatic carbocycles. The number of hydrogen-bond donors (Lipinski definition) is 4. The van der Waals surface area contributed by atoms with Gasteiger partial charge in [0, 0.05) is 5.56 Å². The minimum Gasteiger partial charge on any atom is -0.479 e. The molecule has 172 valence electrons. The number of ether oxygens (including phenoxy) is 3. The van der Waals surface area contributed by atoms with Crippen molar-refractivity contribution >= 4 is 18.0 Å². The number of rotatable bonds is 7. The Kier molecular flexibility index (Phi) is 8.19. The fourth-order valence-electron chi connectivity index (χ4n) is 2.83. The number of carbonyl (C=O) groups excluding carboxylic acids is 1. The third-order valence-corrected chi connectivity index (χ3v) is 4.76. The number of carbonyl (C=O) groups is 2. The van der Waals surface area contributed by atoms with Gasteiger partial charge in [-0.15, -0.1) is 0 Å². The van der Waals surface area contributed by atoms with Crippen molar-refractivity contribution in [3.8, 4) is 5.75 Å². The van der Waals surface area contributed by atoms with Gasteiger partial charge < -0.3 is 34.6 Å². The third kappa shape index (κ3) is 6.27. The molecule has 4 N–H and O–H groups in total. The van der Waals surface area contributed by atoms with E-state index in [9.17, 15) is 30.0 Å². The molecule has 0 unspecified atom stereocenters. The summed E-state index contributed by atoms with van der Waals surface area (Å²) in [4.78, 5) is 23.1. The van der Waals surface area contributed by atoms with E-state index in [1.165, 1.54) is 0 Å². The lowest BCUT2D eigenvalue weighted by Gasteiger charge is -2.38. The fraction of sp³-hybridized carbons (Fsp3) is 0.545. The number of aliphatic carboxylic acids is 1. The van der Waals surface area contributed by atoms with Crippen molar-refractivity contribution in [1.82, 2.24) is 0 Å². The van der Waals surface area contributed by atoms with Gasteiger partial charge in [-0.25, -0.2) is 4.79 Å². The quantitative estimate of drug-likeness (QED) is 0.461. The zero-order valence-electron chi connectivity index (χ0n) is 18.0. The standard InChI is InChI=1S/C22H30O9/c1-5-12-8-9-13(7-6-10-29-21(28)22(2,3)4)14(11-12)30-20-17(25)15(23)16(24)18(31-20)19(26)27/h6-9,11,15-18,20,23-25H,5,10H2,1-4H3,(H,26,27)/b7-6+/t15-,16-,17+,18-,20+/m0/s1. The highest BCUT2D eigenvalue weighted by Crippen LogP contribution is 2.29. The largest absolute Gasteiger partial charge is 0.479 e. The average Bonchev–Trinajstić information content (AvgIpc) is 2.71.